The Bertz CT molecular complexity index is 538. The van der Waals surface area contributed by atoms with Crippen molar-refractivity contribution in [3.8, 4) is 16.9 Å². The predicted octanol–water partition coefficient (Wildman–Crippen LogP) is 3.22. The van der Waals surface area contributed by atoms with E-state index in [1.54, 1.807) is 18.2 Å². The number of nitrogen functional groups attached to an aromatic ring is 1. The number of hydrogen-bond donors (Lipinski definition) is 1. The van der Waals surface area contributed by atoms with Crippen LogP contribution in [0.1, 0.15) is 0 Å². The van der Waals surface area contributed by atoms with E-state index in [9.17, 15) is 8.78 Å². The molecule has 0 unspecified atom stereocenters. The maximum atomic E-state index is 13.5. The number of methoxy groups -OCH3 is 1. The first-order chi connectivity index (χ1) is 8.11. The van der Waals surface area contributed by atoms with E-state index in [1.807, 2.05) is 0 Å². The smallest absolute Gasteiger partial charge is 0.150 e. The predicted molar refractivity (Wildman–Crippen MR) is 62.8 cm³/mol. The van der Waals surface area contributed by atoms with E-state index in [0.717, 1.165) is 0 Å². The first kappa shape index (κ1) is 11.4. The third-order valence-electron chi connectivity index (χ3n) is 2.49. The molecule has 0 aromatic heterocycles. The minimum atomic E-state index is -0.552. The molecule has 2 rings (SSSR count). The second kappa shape index (κ2) is 4.41. The normalized spacial score (nSPS) is 10.3. The average molecular weight is 235 g/mol. The minimum absolute atomic E-state index is 0.0293. The summed E-state index contributed by atoms with van der Waals surface area (Å²) in [6.45, 7) is 0. The molecule has 2 aromatic carbocycles. The van der Waals surface area contributed by atoms with Crippen molar-refractivity contribution in [3.05, 3.63) is 48.0 Å². The molecule has 4 heteroatoms. The molecule has 0 bridgehead atoms. The van der Waals surface area contributed by atoms with Crippen molar-refractivity contribution >= 4 is 5.69 Å². The highest BCUT2D eigenvalue weighted by atomic mass is 19.1. The second-order valence-electron chi connectivity index (χ2n) is 3.58. The zero-order chi connectivity index (χ0) is 12.4. The number of benzene rings is 2. The van der Waals surface area contributed by atoms with E-state index in [4.69, 9.17) is 10.5 Å². The Balaban J connectivity index is 2.52. The quantitative estimate of drug-likeness (QED) is 0.811. The molecule has 2 nitrogen and oxygen atoms in total. The highest BCUT2D eigenvalue weighted by Crippen LogP contribution is 2.31. The van der Waals surface area contributed by atoms with Gasteiger partial charge in [0.15, 0.2) is 5.82 Å². The molecule has 2 aromatic rings. The Morgan fingerprint density at radius 3 is 2.24 bits per heavy atom. The largest absolute Gasteiger partial charge is 0.494 e. The maximum absolute atomic E-state index is 13.5. The van der Waals surface area contributed by atoms with Crippen LogP contribution < -0.4 is 10.5 Å². The first-order valence-electron chi connectivity index (χ1n) is 5.01. The summed E-state index contributed by atoms with van der Waals surface area (Å²) in [6, 6.07) is 8.68. The molecule has 0 radical (unpaired) electrons. The Morgan fingerprint density at radius 2 is 1.65 bits per heavy atom. The molecular weight excluding hydrogens is 224 g/mol. The third-order valence-corrected chi connectivity index (χ3v) is 2.49. The summed E-state index contributed by atoms with van der Waals surface area (Å²) in [4.78, 5) is 0. The fraction of sp³-hybridized carbons (Fsp3) is 0.0769. The van der Waals surface area contributed by atoms with Gasteiger partial charge >= 0.3 is 0 Å². The Hall–Kier alpha value is -2.10. The molecule has 0 amide bonds. The standard InChI is InChI=1S/C13H11F2NO/c1-17-12-7-9(6-11(15)13(12)16)8-2-4-10(14)5-3-8/h2-7H,16H2,1H3. The monoisotopic (exact) mass is 235 g/mol. The van der Waals surface area contributed by atoms with Gasteiger partial charge in [-0.2, -0.15) is 0 Å². The van der Waals surface area contributed by atoms with Crippen molar-refractivity contribution in [3.63, 3.8) is 0 Å². The summed E-state index contributed by atoms with van der Waals surface area (Å²) in [5.41, 5.74) is 6.76. The SMILES string of the molecule is COc1cc(-c2ccc(F)cc2)cc(F)c1N. The summed E-state index contributed by atoms with van der Waals surface area (Å²) in [5.74, 6) is -0.621. The zero-order valence-electron chi connectivity index (χ0n) is 9.21. The molecule has 0 atom stereocenters. The maximum Gasteiger partial charge on any atom is 0.150 e. The Morgan fingerprint density at radius 1 is 1.00 bits per heavy atom. The molecule has 2 N–H and O–H groups in total. The van der Waals surface area contributed by atoms with Crippen LogP contribution in [0.2, 0.25) is 0 Å². The van der Waals surface area contributed by atoms with E-state index in [1.165, 1.54) is 25.3 Å². The lowest BCUT2D eigenvalue weighted by molar-refractivity contribution is 0.414. The zero-order valence-corrected chi connectivity index (χ0v) is 9.21. The van der Waals surface area contributed by atoms with Crippen LogP contribution in [0, 0.1) is 11.6 Å². The molecular formula is C13H11F2NO. The van der Waals surface area contributed by atoms with Gasteiger partial charge in [-0.1, -0.05) is 12.1 Å². The lowest BCUT2D eigenvalue weighted by Crippen LogP contribution is -1.96. The molecule has 0 spiro atoms. The van der Waals surface area contributed by atoms with Crippen molar-refractivity contribution in [2.75, 3.05) is 12.8 Å². The average Bonchev–Trinajstić information content (AvgIpc) is 2.33. The van der Waals surface area contributed by atoms with Crippen molar-refractivity contribution in [1.82, 2.24) is 0 Å². The molecule has 0 aliphatic rings. The van der Waals surface area contributed by atoms with E-state index in [0.29, 0.717) is 11.1 Å². The van der Waals surface area contributed by atoms with Gasteiger partial charge in [-0.3, -0.25) is 0 Å². The Kier molecular flexibility index (Phi) is 2.95. The number of anilines is 1. The van der Waals surface area contributed by atoms with Gasteiger partial charge in [-0.25, -0.2) is 8.78 Å². The number of rotatable bonds is 2. The van der Waals surface area contributed by atoms with Crippen LogP contribution in [0.25, 0.3) is 11.1 Å². The number of nitrogens with two attached hydrogens (primary N) is 1. The van der Waals surface area contributed by atoms with E-state index >= 15 is 0 Å². The van der Waals surface area contributed by atoms with Crippen LogP contribution in [-0.4, -0.2) is 7.11 Å². The van der Waals surface area contributed by atoms with Crippen LogP contribution >= 0.6 is 0 Å². The molecule has 0 fully saturated rings. The molecule has 88 valence electrons. The van der Waals surface area contributed by atoms with Crippen LogP contribution in [0.15, 0.2) is 36.4 Å². The molecule has 0 aliphatic carbocycles. The van der Waals surface area contributed by atoms with Gasteiger partial charge in [-0.15, -0.1) is 0 Å². The summed E-state index contributed by atoms with van der Waals surface area (Å²) in [7, 11) is 1.42. The van der Waals surface area contributed by atoms with Crippen molar-refractivity contribution in [2.24, 2.45) is 0 Å². The van der Waals surface area contributed by atoms with E-state index in [2.05, 4.69) is 0 Å². The van der Waals surface area contributed by atoms with Crippen molar-refractivity contribution in [2.45, 2.75) is 0 Å². The Labute approximate surface area is 97.6 Å². The lowest BCUT2D eigenvalue weighted by atomic mass is 10.0. The second-order valence-corrected chi connectivity index (χ2v) is 3.58. The van der Waals surface area contributed by atoms with Crippen LogP contribution in [0.4, 0.5) is 14.5 Å². The van der Waals surface area contributed by atoms with Gasteiger partial charge in [0.2, 0.25) is 0 Å². The number of halogens is 2. The topological polar surface area (TPSA) is 35.2 Å². The van der Waals surface area contributed by atoms with Gasteiger partial charge < -0.3 is 10.5 Å². The third kappa shape index (κ3) is 2.20. The summed E-state index contributed by atoms with van der Waals surface area (Å²) in [6.07, 6.45) is 0. The van der Waals surface area contributed by atoms with Crippen LogP contribution in [0.3, 0.4) is 0 Å². The number of hydrogen-bond acceptors (Lipinski definition) is 2. The molecule has 17 heavy (non-hydrogen) atoms. The van der Waals surface area contributed by atoms with Gasteiger partial charge in [0, 0.05) is 0 Å². The molecule has 0 aliphatic heterocycles. The summed E-state index contributed by atoms with van der Waals surface area (Å²) in [5, 5.41) is 0. The van der Waals surface area contributed by atoms with Gasteiger partial charge in [0.1, 0.15) is 17.3 Å². The molecule has 0 saturated carbocycles. The lowest BCUT2D eigenvalue weighted by Gasteiger charge is -2.09. The highest BCUT2D eigenvalue weighted by Gasteiger charge is 2.09. The summed E-state index contributed by atoms with van der Waals surface area (Å²) >= 11 is 0. The first-order valence-corrected chi connectivity index (χ1v) is 5.01. The highest BCUT2D eigenvalue weighted by molar-refractivity contribution is 5.70. The van der Waals surface area contributed by atoms with Gasteiger partial charge in [0.25, 0.3) is 0 Å². The number of ether oxygens (including phenoxy) is 1. The summed E-state index contributed by atoms with van der Waals surface area (Å²) < 4.78 is 31.3. The fourth-order valence-electron chi connectivity index (χ4n) is 1.57. The molecule has 0 saturated heterocycles. The molecule has 0 heterocycles. The van der Waals surface area contributed by atoms with Crippen LogP contribution in [-0.2, 0) is 0 Å². The van der Waals surface area contributed by atoms with Crippen LogP contribution in [0.5, 0.6) is 5.75 Å². The van der Waals surface area contributed by atoms with Gasteiger partial charge in [0.05, 0.1) is 7.11 Å². The fourth-order valence-corrected chi connectivity index (χ4v) is 1.57. The minimum Gasteiger partial charge on any atom is -0.494 e. The van der Waals surface area contributed by atoms with Crippen molar-refractivity contribution in [1.29, 1.82) is 0 Å². The van der Waals surface area contributed by atoms with E-state index < -0.39 is 5.82 Å². The van der Waals surface area contributed by atoms with Gasteiger partial charge in [-0.05, 0) is 35.4 Å². The van der Waals surface area contributed by atoms with Crippen molar-refractivity contribution < 1.29 is 13.5 Å². The van der Waals surface area contributed by atoms with E-state index in [-0.39, 0.29) is 17.3 Å².